The summed E-state index contributed by atoms with van der Waals surface area (Å²) in [6.07, 6.45) is 0.863. The molecule has 0 aliphatic rings. The van der Waals surface area contributed by atoms with E-state index in [1.165, 1.54) is 0 Å². The van der Waals surface area contributed by atoms with Gasteiger partial charge in [0.05, 0.1) is 0 Å². The second kappa shape index (κ2) is 8.27. The summed E-state index contributed by atoms with van der Waals surface area (Å²) in [4.78, 5) is 11.4. The summed E-state index contributed by atoms with van der Waals surface area (Å²) in [6, 6.07) is 5.49. The largest absolute Gasteiger partial charge is 0.508 e. The fraction of sp³-hybridized carbons (Fsp3) is 0.533. The molecule has 0 radical (unpaired) electrons. The van der Waals surface area contributed by atoms with E-state index in [4.69, 9.17) is 0 Å². The Morgan fingerprint density at radius 1 is 1.35 bits per heavy atom. The average Bonchev–Trinajstić information content (AvgIpc) is 2.41. The minimum Gasteiger partial charge on any atom is -0.508 e. The first-order chi connectivity index (χ1) is 9.45. The number of rotatable bonds is 7. The van der Waals surface area contributed by atoms with Crippen LogP contribution in [0.5, 0.6) is 5.75 Å². The lowest BCUT2D eigenvalue weighted by atomic mass is 10.0. The number of benzene rings is 1. The second-order valence-corrected chi connectivity index (χ2v) is 5.98. The van der Waals surface area contributed by atoms with Crippen molar-refractivity contribution in [2.24, 2.45) is 5.92 Å². The molecule has 0 saturated carbocycles. The van der Waals surface area contributed by atoms with Crippen molar-refractivity contribution < 1.29 is 9.90 Å². The molecular formula is C15H23BrN2O2. The van der Waals surface area contributed by atoms with Gasteiger partial charge in [0, 0.05) is 35.1 Å². The van der Waals surface area contributed by atoms with Gasteiger partial charge < -0.3 is 15.7 Å². The number of nitrogens with one attached hydrogen (secondary N) is 2. The third kappa shape index (κ3) is 5.13. The van der Waals surface area contributed by atoms with E-state index < -0.39 is 0 Å². The molecule has 20 heavy (non-hydrogen) atoms. The van der Waals surface area contributed by atoms with Crippen LogP contribution in [0.3, 0.4) is 0 Å². The highest BCUT2D eigenvalue weighted by Gasteiger charge is 2.13. The van der Waals surface area contributed by atoms with Crippen LogP contribution < -0.4 is 10.6 Å². The molecule has 1 amide bonds. The van der Waals surface area contributed by atoms with Crippen LogP contribution in [0, 0.1) is 5.92 Å². The molecule has 4 nitrogen and oxygen atoms in total. The number of carbonyl (C=O) groups excluding carboxylic acids is 1. The van der Waals surface area contributed by atoms with Crippen LogP contribution in [0.25, 0.3) is 0 Å². The van der Waals surface area contributed by atoms with E-state index in [1.54, 1.807) is 6.07 Å². The summed E-state index contributed by atoms with van der Waals surface area (Å²) in [5.74, 6) is 0.356. The number of hydrogen-bond donors (Lipinski definition) is 3. The van der Waals surface area contributed by atoms with Gasteiger partial charge in [0.25, 0.3) is 0 Å². The van der Waals surface area contributed by atoms with Gasteiger partial charge in [-0.3, -0.25) is 4.79 Å². The predicted molar refractivity (Wildman–Crippen MR) is 84.7 cm³/mol. The Hall–Kier alpha value is -1.07. The van der Waals surface area contributed by atoms with E-state index in [9.17, 15) is 9.90 Å². The molecule has 1 aromatic rings. The molecule has 0 aliphatic carbocycles. The second-order valence-electron chi connectivity index (χ2n) is 5.06. The Bertz CT molecular complexity index is 449. The fourth-order valence-corrected chi connectivity index (χ4v) is 2.29. The van der Waals surface area contributed by atoms with Gasteiger partial charge in [-0.2, -0.15) is 0 Å². The highest BCUT2D eigenvalue weighted by atomic mass is 79.9. The molecule has 1 rings (SSSR count). The third-order valence-electron chi connectivity index (χ3n) is 3.11. The molecule has 0 heterocycles. The van der Waals surface area contributed by atoms with E-state index in [2.05, 4.69) is 33.5 Å². The molecule has 0 aliphatic heterocycles. The van der Waals surface area contributed by atoms with E-state index in [1.807, 2.05) is 26.0 Å². The van der Waals surface area contributed by atoms with Crippen LogP contribution in [-0.2, 0) is 4.79 Å². The molecule has 112 valence electrons. The van der Waals surface area contributed by atoms with Crippen molar-refractivity contribution in [2.45, 2.75) is 33.2 Å². The van der Waals surface area contributed by atoms with E-state index in [0.717, 1.165) is 16.5 Å². The lowest BCUT2D eigenvalue weighted by Gasteiger charge is -2.19. The summed E-state index contributed by atoms with van der Waals surface area (Å²) in [5, 5.41) is 16.1. The molecule has 3 N–H and O–H groups in total. The van der Waals surface area contributed by atoms with E-state index >= 15 is 0 Å². The Labute approximate surface area is 129 Å². The Morgan fingerprint density at radius 3 is 2.65 bits per heavy atom. The Balaban J connectivity index is 2.51. The minimum atomic E-state index is 0.00564. The standard InChI is InChI=1S/C15H23BrN2O2/c1-4-13(12-9-11(16)5-6-14(12)19)17-7-8-18-15(20)10(2)3/h5-6,9-10,13,17,19H,4,7-8H2,1-3H3,(H,18,20). The van der Waals surface area contributed by atoms with Crippen molar-refractivity contribution in [3.05, 3.63) is 28.2 Å². The zero-order chi connectivity index (χ0) is 15.1. The first-order valence-electron chi connectivity index (χ1n) is 6.95. The van der Waals surface area contributed by atoms with Crippen LogP contribution in [0.4, 0.5) is 0 Å². The topological polar surface area (TPSA) is 61.4 Å². The summed E-state index contributed by atoms with van der Waals surface area (Å²) in [6.45, 7) is 7.06. The monoisotopic (exact) mass is 342 g/mol. The molecule has 0 spiro atoms. The zero-order valence-electron chi connectivity index (χ0n) is 12.2. The molecular weight excluding hydrogens is 320 g/mol. The van der Waals surface area contributed by atoms with Gasteiger partial charge in [0.15, 0.2) is 0 Å². The summed E-state index contributed by atoms with van der Waals surface area (Å²) in [7, 11) is 0. The molecule has 1 atom stereocenters. The average molecular weight is 343 g/mol. The molecule has 1 unspecified atom stereocenters. The normalized spacial score (nSPS) is 12.4. The van der Waals surface area contributed by atoms with Gasteiger partial charge in [-0.25, -0.2) is 0 Å². The number of halogens is 1. The predicted octanol–water partition coefficient (Wildman–Crippen LogP) is 2.97. The van der Waals surface area contributed by atoms with Crippen molar-refractivity contribution in [1.82, 2.24) is 10.6 Å². The zero-order valence-corrected chi connectivity index (χ0v) is 13.8. The molecule has 0 bridgehead atoms. The van der Waals surface area contributed by atoms with Crippen molar-refractivity contribution in [3.8, 4) is 5.75 Å². The SMILES string of the molecule is CCC(NCCNC(=O)C(C)C)c1cc(Br)ccc1O. The maximum atomic E-state index is 11.4. The molecule has 0 fully saturated rings. The van der Waals surface area contributed by atoms with Gasteiger partial charge in [-0.05, 0) is 24.6 Å². The molecule has 5 heteroatoms. The van der Waals surface area contributed by atoms with Gasteiger partial charge in [0.2, 0.25) is 5.91 Å². The van der Waals surface area contributed by atoms with Crippen molar-refractivity contribution in [3.63, 3.8) is 0 Å². The molecule has 0 saturated heterocycles. The van der Waals surface area contributed by atoms with Crippen LogP contribution in [0.2, 0.25) is 0 Å². The van der Waals surface area contributed by atoms with Gasteiger partial charge >= 0.3 is 0 Å². The number of amides is 1. The van der Waals surface area contributed by atoms with Crippen molar-refractivity contribution in [1.29, 1.82) is 0 Å². The summed E-state index contributed by atoms with van der Waals surface area (Å²) >= 11 is 3.41. The number of carbonyl (C=O) groups is 1. The minimum absolute atomic E-state index is 0.00564. The highest BCUT2D eigenvalue weighted by molar-refractivity contribution is 9.10. The smallest absolute Gasteiger partial charge is 0.222 e. The maximum Gasteiger partial charge on any atom is 0.222 e. The van der Waals surface area contributed by atoms with Crippen LogP contribution in [0.1, 0.15) is 38.8 Å². The third-order valence-corrected chi connectivity index (χ3v) is 3.61. The number of hydrogen-bond acceptors (Lipinski definition) is 3. The fourth-order valence-electron chi connectivity index (χ4n) is 1.91. The van der Waals surface area contributed by atoms with E-state index in [-0.39, 0.29) is 17.9 Å². The molecule has 0 aromatic heterocycles. The van der Waals surface area contributed by atoms with Crippen LogP contribution >= 0.6 is 15.9 Å². The van der Waals surface area contributed by atoms with Gasteiger partial charge in [-0.15, -0.1) is 0 Å². The van der Waals surface area contributed by atoms with E-state index in [0.29, 0.717) is 18.8 Å². The van der Waals surface area contributed by atoms with Gasteiger partial charge in [0.1, 0.15) is 5.75 Å². The summed E-state index contributed by atoms with van der Waals surface area (Å²) in [5.41, 5.74) is 0.872. The van der Waals surface area contributed by atoms with Crippen molar-refractivity contribution >= 4 is 21.8 Å². The molecule has 1 aromatic carbocycles. The number of aromatic hydroxyl groups is 1. The summed E-state index contributed by atoms with van der Waals surface area (Å²) < 4.78 is 0.943. The Kier molecular flexibility index (Phi) is 7.02. The first kappa shape index (κ1) is 17.0. The lowest BCUT2D eigenvalue weighted by molar-refractivity contribution is -0.123. The number of phenols is 1. The number of phenolic OH excluding ortho intramolecular Hbond substituents is 1. The maximum absolute atomic E-state index is 11.4. The lowest BCUT2D eigenvalue weighted by Crippen LogP contribution is -2.35. The van der Waals surface area contributed by atoms with Crippen LogP contribution in [0.15, 0.2) is 22.7 Å². The van der Waals surface area contributed by atoms with Crippen molar-refractivity contribution in [2.75, 3.05) is 13.1 Å². The highest BCUT2D eigenvalue weighted by Crippen LogP contribution is 2.29. The Morgan fingerprint density at radius 2 is 2.05 bits per heavy atom. The van der Waals surface area contributed by atoms with Gasteiger partial charge in [-0.1, -0.05) is 36.7 Å². The quantitative estimate of drug-likeness (QED) is 0.667. The first-order valence-corrected chi connectivity index (χ1v) is 7.74. The van der Waals surface area contributed by atoms with Crippen LogP contribution in [-0.4, -0.2) is 24.1 Å².